The lowest BCUT2D eigenvalue weighted by Crippen LogP contribution is -2.37. The molecule has 110 valence electrons. The van der Waals surface area contributed by atoms with E-state index < -0.39 is 15.8 Å². The van der Waals surface area contributed by atoms with Gasteiger partial charge in [-0.05, 0) is 37.4 Å². The maximum absolute atomic E-state index is 12.1. The number of aryl methyl sites for hydroxylation is 1. The fourth-order valence-electron chi connectivity index (χ4n) is 2.44. The number of rotatable bonds is 4. The molecular weight excluding hydrogens is 274 g/mol. The number of nitrogens with zero attached hydrogens (tertiary/aromatic N) is 1. The molecule has 1 aliphatic heterocycles. The molecule has 20 heavy (non-hydrogen) atoms. The summed E-state index contributed by atoms with van der Waals surface area (Å²) in [4.78, 5) is 13.8. The van der Waals surface area contributed by atoms with Gasteiger partial charge in [0.2, 0.25) is 5.91 Å². The van der Waals surface area contributed by atoms with Gasteiger partial charge in [0, 0.05) is 30.2 Å². The minimum Gasteiger partial charge on any atom is -0.772 e. The van der Waals surface area contributed by atoms with Gasteiger partial charge >= 0.3 is 0 Å². The number of likely N-dealkylation sites (tertiary alicyclic amines) is 1. The molecule has 1 aromatic carbocycles. The largest absolute Gasteiger partial charge is 0.772 e. The fraction of sp³-hybridized carbons (Fsp3) is 0.533. The van der Waals surface area contributed by atoms with Crippen molar-refractivity contribution in [3.8, 4) is 0 Å². The molecule has 2 atom stereocenters. The molecule has 1 fully saturated rings. The van der Waals surface area contributed by atoms with E-state index in [1.165, 1.54) is 5.56 Å². The van der Waals surface area contributed by atoms with Crippen molar-refractivity contribution >= 4 is 17.0 Å². The number of carbonyl (C=O) groups is 1. The van der Waals surface area contributed by atoms with Gasteiger partial charge in [0.1, 0.15) is 0 Å². The van der Waals surface area contributed by atoms with Crippen LogP contribution in [0.4, 0.5) is 0 Å². The van der Waals surface area contributed by atoms with Crippen LogP contribution in [0.25, 0.3) is 0 Å². The van der Waals surface area contributed by atoms with Gasteiger partial charge in [0.15, 0.2) is 0 Å². The van der Waals surface area contributed by atoms with Crippen LogP contribution in [-0.4, -0.2) is 30.9 Å². The standard InChI is InChI=1S/C15H21NO3S/c1-11-4-6-12(7-5-11)9-16-10-13(8-14(16)17)15(2,3)20(18)19/h4-7,13H,8-10H2,1-3H3,(H,18,19)/p-1. The van der Waals surface area contributed by atoms with Crippen LogP contribution in [-0.2, 0) is 22.4 Å². The summed E-state index contributed by atoms with van der Waals surface area (Å²) >= 11 is -2.17. The Kier molecular flexibility index (Phi) is 4.30. The van der Waals surface area contributed by atoms with Gasteiger partial charge in [0.05, 0.1) is 0 Å². The smallest absolute Gasteiger partial charge is 0.223 e. The van der Waals surface area contributed by atoms with E-state index in [0.717, 1.165) is 5.56 Å². The zero-order chi connectivity index (χ0) is 14.9. The van der Waals surface area contributed by atoms with Crippen LogP contribution in [0.2, 0.25) is 0 Å². The van der Waals surface area contributed by atoms with E-state index >= 15 is 0 Å². The third kappa shape index (κ3) is 3.10. The topological polar surface area (TPSA) is 60.4 Å². The van der Waals surface area contributed by atoms with Crippen molar-refractivity contribution in [1.29, 1.82) is 0 Å². The van der Waals surface area contributed by atoms with Gasteiger partial charge in [0.25, 0.3) is 0 Å². The quantitative estimate of drug-likeness (QED) is 0.798. The summed E-state index contributed by atoms with van der Waals surface area (Å²) in [5.41, 5.74) is 2.26. The summed E-state index contributed by atoms with van der Waals surface area (Å²) < 4.78 is 21.7. The molecular formula is C15H20NO3S-. The van der Waals surface area contributed by atoms with Gasteiger partial charge < -0.3 is 9.45 Å². The lowest BCUT2D eigenvalue weighted by molar-refractivity contribution is -0.128. The first-order valence-electron chi connectivity index (χ1n) is 6.73. The van der Waals surface area contributed by atoms with Crippen LogP contribution in [0.3, 0.4) is 0 Å². The molecule has 1 aromatic rings. The van der Waals surface area contributed by atoms with Crippen molar-refractivity contribution in [3.05, 3.63) is 35.4 Å². The molecule has 1 saturated heterocycles. The predicted molar refractivity (Wildman–Crippen MR) is 77.7 cm³/mol. The lowest BCUT2D eigenvalue weighted by atomic mass is 9.94. The van der Waals surface area contributed by atoms with Gasteiger partial charge in [-0.3, -0.25) is 9.00 Å². The van der Waals surface area contributed by atoms with E-state index in [2.05, 4.69) is 0 Å². The van der Waals surface area contributed by atoms with E-state index in [1.807, 2.05) is 31.2 Å². The Balaban J connectivity index is 2.06. The number of hydrogen-bond donors (Lipinski definition) is 0. The van der Waals surface area contributed by atoms with Gasteiger partial charge in [-0.15, -0.1) is 0 Å². The average Bonchev–Trinajstić information content (AvgIpc) is 2.74. The SMILES string of the molecule is Cc1ccc(CN2CC(C(C)(C)S(=O)[O-])CC2=O)cc1. The van der Waals surface area contributed by atoms with Crippen LogP contribution in [0.15, 0.2) is 24.3 Å². The predicted octanol–water partition coefficient (Wildman–Crippen LogP) is 2.00. The summed E-state index contributed by atoms with van der Waals surface area (Å²) in [7, 11) is 0. The summed E-state index contributed by atoms with van der Waals surface area (Å²) in [5, 5.41) is 0. The van der Waals surface area contributed by atoms with Crippen molar-refractivity contribution in [3.63, 3.8) is 0 Å². The van der Waals surface area contributed by atoms with Crippen LogP contribution in [0, 0.1) is 12.8 Å². The van der Waals surface area contributed by atoms with E-state index in [1.54, 1.807) is 18.7 Å². The van der Waals surface area contributed by atoms with E-state index in [0.29, 0.717) is 19.5 Å². The first kappa shape index (κ1) is 15.2. The first-order valence-corrected chi connectivity index (χ1v) is 7.81. The maximum Gasteiger partial charge on any atom is 0.223 e. The van der Waals surface area contributed by atoms with Crippen LogP contribution in [0.1, 0.15) is 31.4 Å². The molecule has 1 aliphatic rings. The fourth-order valence-corrected chi connectivity index (χ4v) is 2.87. The lowest BCUT2D eigenvalue weighted by Gasteiger charge is -2.33. The third-order valence-corrected chi connectivity index (χ3v) is 5.31. The molecule has 0 radical (unpaired) electrons. The highest BCUT2D eigenvalue weighted by molar-refractivity contribution is 7.80. The summed E-state index contributed by atoms with van der Waals surface area (Å²) in [6.45, 7) is 6.45. The second kappa shape index (κ2) is 5.66. The molecule has 1 amide bonds. The Morgan fingerprint density at radius 1 is 1.35 bits per heavy atom. The zero-order valence-corrected chi connectivity index (χ0v) is 12.9. The molecule has 0 spiro atoms. The van der Waals surface area contributed by atoms with Crippen LogP contribution < -0.4 is 0 Å². The first-order chi connectivity index (χ1) is 9.30. The average molecular weight is 294 g/mol. The molecule has 0 bridgehead atoms. The number of amides is 1. The van der Waals surface area contributed by atoms with E-state index in [9.17, 15) is 13.6 Å². The van der Waals surface area contributed by atoms with Crippen molar-refractivity contribution in [2.75, 3.05) is 6.54 Å². The molecule has 2 rings (SSSR count). The second-order valence-electron chi connectivity index (χ2n) is 6.00. The molecule has 1 heterocycles. The van der Waals surface area contributed by atoms with Crippen LogP contribution >= 0.6 is 0 Å². The van der Waals surface area contributed by atoms with Crippen molar-refractivity contribution < 1.29 is 13.6 Å². The number of hydrogen-bond acceptors (Lipinski definition) is 3. The van der Waals surface area contributed by atoms with E-state index in [4.69, 9.17) is 0 Å². The summed E-state index contributed by atoms with van der Waals surface area (Å²) in [6.07, 6.45) is 0.312. The van der Waals surface area contributed by atoms with E-state index in [-0.39, 0.29) is 11.8 Å². The summed E-state index contributed by atoms with van der Waals surface area (Å²) in [5.74, 6) is -0.104. The Bertz CT molecular complexity index is 524. The van der Waals surface area contributed by atoms with Crippen molar-refractivity contribution in [2.24, 2.45) is 5.92 Å². The highest BCUT2D eigenvalue weighted by Gasteiger charge is 2.40. The molecule has 2 unspecified atom stereocenters. The molecule has 4 nitrogen and oxygen atoms in total. The Labute approximate surface area is 122 Å². The summed E-state index contributed by atoms with van der Waals surface area (Å²) in [6, 6.07) is 8.05. The van der Waals surface area contributed by atoms with Crippen molar-refractivity contribution in [2.45, 2.75) is 38.5 Å². The number of carbonyl (C=O) groups excluding carboxylic acids is 1. The zero-order valence-electron chi connectivity index (χ0n) is 12.1. The Morgan fingerprint density at radius 2 is 1.95 bits per heavy atom. The molecule has 0 N–H and O–H groups in total. The van der Waals surface area contributed by atoms with Gasteiger partial charge in [-0.1, -0.05) is 29.8 Å². The molecule has 0 aliphatic carbocycles. The van der Waals surface area contributed by atoms with Gasteiger partial charge in [-0.2, -0.15) is 0 Å². The molecule has 5 heteroatoms. The monoisotopic (exact) mass is 294 g/mol. The molecule has 0 saturated carbocycles. The second-order valence-corrected chi connectivity index (χ2v) is 7.52. The normalized spacial score (nSPS) is 21.3. The minimum atomic E-state index is -2.17. The minimum absolute atomic E-state index is 0.0362. The van der Waals surface area contributed by atoms with Gasteiger partial charge in [-0.25, -0.2) is 0 Å². The highest BCUT2D eigenvalue weighted by atomic mass is 32.2. The highest BCUT2D eigenvalue weighted by Crippen LogP contribution is 2.32. The third-order valence-electron chi connectivity index (χ3n) is 4.12. The Morgan fingerprint density at radius 3 is 2.50 bits per heavy atom. The van der Waals surface area contributed by atoms with Crippen molar-refractivity contribution in [1.82, 2.24) is 4.90 Å². The molecule has 0 aromatic heterocycles. The number of benzene rings is 1. The maximum atomic E-state index is 12.1. The van der Waals surface area contributed by atoms with Crippen LogP contribution in [0.5, 0.6) is 0 Å². The Hall–Kier alpha value is -1.20.